The van der Waals surface area contributed by atoms with Gasteiger partial charge >= 0.3 is 0 Å². The van der Waals surface area contributed by atoms with Crippen LogP contribution in [0.1, 0.15) is 24.6 Å². The van der Waals surface area contributed by atoms with Crippen molar-refractivity contribution in [1.82, 2.24) is 24.1 Å². The van der Waals surface area contributed by atoms with E-state index in [1.54, 1.807) is 17.8 Å². The fourth-order valence-corrected chi connectivity index (χ4v) is 4.08. The van der Waals surface area contributed by atoms with Crippen LogP contribution in [0.15, 0.2) is 29.8 Å². The van der Waals surface area contributed by atoms with Gasteiger partial charge < -0.3 is 4.57 Å². The summed E-state index contributed by atoms with van der Waals surface area (Å²) in [6.45, 7) is 0.516. The average Bonchev–Trinajstić information content (AvgIpc) is 3.09. The molecule has 0 radical (unpaired) electrons. The highest BCUT2D eigenvalue weighted by molar-refractivity contribution is 7.89. The van der Waals surface area contributed by atoms with Crippen molar-refractivity contribution in [2.24, 2.45) is 7.05 Å². The minimum absolute atomic E-state index is 0.0985. The molecular weight excluding hydrogens is 266 g/mol. The first-order valence-electron chi connectivity index (χ1n) is 6.08. The summed E-state index contributed by atoms with van der Waals surface area (Å²) in [4.78, 5) is 3.96. The Kier molecular flexibility index (Phi) is 2.90. The Hall–Kier alpha value is -1.67. The third-order valence-corrected chi connectivity index (χ3v) is 5.13. The number of imidazole rings is 1. The maximum absolute atomic E-state index is 12.6. The second-order valence-corrected chi connectivity index (χ2v) is 6.50. The van der Waals surface area contributed by atoms with E-state index in [1.165, 1.54) is 16.8 Å². The van der Waals surface area contributed by atoms with E-state index < -0.39 is 10.0 Å². The van der Waals surface area contributed by atoms with E-state index in [-0.39, 0.29) is 11.1 Å². The summed E-state index contributed by atoms with van der Waals surface area (Å²) in [7, 11) is -1.79. The summed E-state index contributed by atoms with van der Waals surface area (Å²) in [6.07, 6.45) is 6.30. The number of rotatable bonds is 3. The molecule has 0 aliphatic carbocycles. The van der Waals surface area contributed by atoms with Crippen LogP contribution in [0, 0.1) is 0 Å². The van der Waals surface area contributed by atoms with Crippen LogP contribution in [0.25, 0.3) is 0 Å². The Morgan fingerprint density at radius 2 is 2.32 bits per heavy atom. The van der Waals surface area contributed by atoms with Crippen LogP contribution in [0.4, 0.5) is 0 Å². The number of aromatic nitrogens is 4. The Morgan fingerprint density at radius 1 is 1.47 bits per heavy atom. The lowest BCUT2D eigenvalue weighted by Crippen LogP contribution is -2.31. The molecule has 1 saturated heterocycles. The van der Waals surface area contributed by atoms with Gasteiger partial charge in [0.05, 0.1) is 18.1 Å². The largest absolute Gasteiger partial charge is 0.339 e. The monoisotopic (exact) mass is 281 g/mol. The molecule has 2 aromatic heterocycles. The van der Waals surface area contributed by atoms with Gasteiger partial charge in [-0.25, -0.2) is 13.4 Å². The standard InChI is InChI=1S/C11H15N5O2S/c1-15-7-11(12-8-15)19(17,18)16-6-2-3-10(16)9-4-5-13-14-9/h4-5,7-8,10H,2-3,6H2,1H3,(H,13,14). The van der Waals surface area contributed by atoms with Gasteiger partial charge in [0, 0.05) is 26.0 Å². The molecule has 2 aromatic rings. The lowest BCUT2D eigenvalue weighted by Gasteiger charge is -2.21. The lowest BCUT2D eigenvalue weighted by atomic mass is 10.2. The van der Waals surface area contributed by atoms with Gasteiger partial charge in [0.1, 0.15) is 0 Å². The van der Waals surface area contributed by atoms with Gasteiger partial charge in [0.2, 0.25) is 0 Å². The predicted octanol–water partition coefficient (Wildman–Crippen LogP) is 0.669. The number of nitrogens with zero attached hydrogens (tertiary/aromatic N) is 4. The van der Waals surface area contributed by atoms with Gasteiger partial charge in [-0.1, -0.05) is 0 Å². The molecule has 102 valence electrons. The second-order valence-electron chi connectivity index (χ2n) is 4.66. The highest BCUT2D eigenvalue weighted by Crippen LogP contribution is 2.34. The molecule has 1 unspecified atom stereocenters. The summed E-state index contributed by atoms with van der Waals surface area (Å²) in [5, 5.41) is 6.85. The first kappa shape index (κ1) is 12.4. The highest BCUT2D eigenvalue weighted by atomic mass is 32.2. The average molecular weight is 281 g/mol. The van der Waals surface area contributed by atoms with Gasteiger partial charge in [-0.2, -0.15) is 9.40 Å². The summed E-state index contributed by atoms with van der Waals surface area (Å²) >= 11 is 0. The number of hydrogen-bond donors (Lipinski definition) is 1. The molecule has 1 fully saturated rings. The first-order chi connectivity index (χ1) is 9.09. The van der Waals surface area contributed by atoms with Crippen LogP contribution >= 0.6 is 0 Å². The van der Waals surface area contributed by atoms with E-state index in [0.717, 1.165) is 18.5 Å². The van der Waals surface area contributed by atoms with Crippen LogP contribution < -0.4 is 0 Å². The highest BCUT2D eigenvalue weighted by Gasteiger charge is 2.37. The molecule has 19 heavy (non-hydrogen) atoms. The molecule has 1 aliphatic heterocycles. The molecule has 0 spiro atoms. The van der Waals surface area contributed by atoms with E-state index in [2.05, 4.69) is 15.2 Å². The van der Waals surface area contributed by atoms with E-state index in [0.29, 0.717) is 6.54 Å². The van der Waals surface area contributed by atoms with E-state index in [1.807, 2.05) is 6.07 Å². The molecule has 1 N–H and O–H groups in total. The zero-order valence-corrected chi connectivity index (χ0v) is 11.3. The number of hydrogen-bond acceptors (Lipinski definition) is 4. The smallest absolute Gasteiger partial charge is 0.262 e. The molecule has 1 atom stereocenters. The molecule has 3 heterocycles. The third-order valence-electron chi connectivity index (χ3n) is 3.34. The maximum Gasteiger partial charge on any atom is 0.262 e. The minimum Gasteiger partial charge on any atom is -0.339 e. The van der Waals surface area contributed by atoms with Crippen molar-refractivity contribution in [3.05, 3.63) is 30.5 Å². The fraction of sp³-hybridized carbons (Fsp3) is 0.455. The summed E-state index contributed by atoms with van der Waals surface area (Å²) in [5.74, 6) is 0. The topological polar surface area (TPSA) is 83.9 Å². The number of aromatic amines is 1. The van der Waals surface area contributed by atoms with Crippen molar-refractivity contribution in [3.63, 3.8) is 0 Å². The normalized spacial score (nSPS) is 21.0. The van der Waals surface area contributed by atoms with E-state index in [9.17, 15) is 8.42 Å². The SMILES string of the molecule is Cn1cnc(S(=O)(=O)N2CCCC2c2ccn[nH]2)c1. The third kappa shape index (κ3) is 2.06. The molecule has 0 aromatic carbocycles. The number of aryl methyl sites for hydroxylation is 1. The van der Waals surface area contributed by atoms with E-state index >= 15 is 0 Å². The second kappa shape index (κ2) is 4.46. The van der Waals surface area contributed by atoms with Crippen molar-refractivity contribution in [3.8, 4) is 0 Å². The van der Waals surface area contributed by atoms with Gasteiger partial charge in [0.15, 0.2) is 5.03 Å². The molecule has 0 saturated carbocycles. The number of H-pyrrole nitrogens is 1. The summed E-state index contributed by atoms with van der Waals surface area (Å²) < 4.78 is 28.3. The Balaban J connectivity index is 1.96. The Morgan fingerprint density at radius 3 is 2.95 bits per heavy atom. The van der Waals surface area contributed by atoms with Gasteiger partial charge in [-0.3, -0.25) is 5.10 Å². The van der Waals surface area contributed by atoms with Gasteiger partial charge in [-0.15, -0.1) is 0 Å². The van der Waals surface area contributed by atoms with Crippen molar-refractivity contribution >= 4 is 10.0 Å². The van der Waals surface area contributed by atoms with Crippen molar-refractivity contribution in [1.29, 1.82) is 0 Å². The van der Waals surface area contributed by atoms with Crippen LogP contribution in [-0.2, 0) is 17.1 Å². The van der Waals surface area contributed by atoms with Gasteiger partial charge in [-0.05, 0) is 18.9 Å². The van der Waals surface area contributed by atoms with Crippen molar-refractivity contribution in [2.75, 3.05) is 6.54 Å². The van der Waals surface area contributed by atoms with E-state index in [4.69, 9.17) is 0 Å². The number of sulfonamides is 1. The zero-order chi connectivity index (χ0) is 13.5. The molecular formula is C11H15N5O2S. The number of nitrogens with one attached hydrogen (secondary N) is 1. The first-order valence-corrected chi connectivity index (χ1v) is 7.52. The van der Waals surface area contributed by atoms with Crippen LogP contribution in [0.2, 0.25) is 0 Å². The van der Waals surface area contributed by atoms with Crippen molar-refractivity contribution < 1.29 is 8.42 Å². The quantitative estimate of drug-likeness (QED) is 0.896. The van der Waals surface area contributed by atoms with Crippen LogP contribution in [0.5, 0.6) is 0 Å². The molecule has 1 aliphatic rings. The molecule has 7 nitrogen and oxygen atoms in total. The predicted molar refractivity (Wildman–Crippen MR) is 67.7 cm³/mol. The summed E-state index contributed by atoms with van der Waals surface area (Å²) in [5.41, 5.74) is 0.831. The summed E-state index contributed by atoms with van der Waals surface area (Å²) in [6, 6.07) is 1.64. The van der Waals surface area contributed by atoms with Crippen LogP contribution in [0.3, 0.4) is 0 Å². The Labute approximate surface area is 111 Å². The maximum atomic E-state index is 12.6. The van der Waals surface area contributed by atoms with Crippen LogP contribution in [-0.4, -0.2) is 39.0 Å². The fourth-order valence-electron chi connectivity index (χ4n) is 2.43. The van der Waals surface area contributed by atoms with Crippen molar-refractivity contribution in [2.45, 2.75) is 23.9 Å². The van der Waals surface area contributed by atoms with Gasteiger partial charge in [0.25, 0.3) is 10.0 Å². The molecule has 8 heteroatoms. The molecule has 3 rings (SSSR count). The zero-order valence-electron chi connectivity index (χ0n) is 10.5. The molecule has 0 bridgehead atoms. The molecule has 0 amide bonds. The Bertz CT molecular complexity index is 661. The minimum atomic E-state index is -3.54. The lowest BCUT2D eigenvalue weighted by molar-refractivity contribution is 0.388.